The third-order valence-corrected chi connectivity index (χ3v) is 4.14. The third-order valence-electron chi connectivity index (χ3n) is 4.14. The highest BCUT2D eigenvalue weighted by Crippen LogP contribution is 2.31. The summed E-state index contributed by atoms with van der Waals surface area (Å²) in [6, 6.07) is 0. The molecule has 118 valence electrons. The van der Waals surface area contributed by atoms with Gasteiger partial charge in [-0.25, -0.2) is 0 Å². The smallest absolute Gasteiger partial charge is 0.227 e. The van der Waals surface area contributed by atoms with Crippen LogP contribution < -0.4 is 10.6 Å². The Labute approximate surface area is 123 Å². The third kappa shape index (κ3) is 5.38. The highest BCUT2D eigenvalue weighted by Gasteiger charge is 2.38. The van der Waals surface area contributed by atoms with E-state index in [9.17, 15) is 4.79 Å². The Kier molecular flexibility index (Phi) is 8.11. The largest absolute Gasteiger partial charge is 0.383 e. The zero-order chi connectivity index (χ0) is 14.8. The minimum Gasteiger partial charge on any atom is -0.383 e. The minimum absolute atomic E-state index is 0.182. The zero-order valence-corrected chi connectivity index (χ0v) is 13.3. The van der Waals surface area contributed by atoms with Crippen LogP contribution in [0.3, 0.4) is 0 Å². The van der Waals surface area contributed by atoms with E-state index >= 15 is 0 Å². The molecule has 5 nitrogen and oxygen atoms in total. The van der Waals surface area contributed by atoms with E-state index in [1.807, 2.05) is 0 Å². The second kappa shape index (κ2) is 9.32. The van der Waals surface area contributed by atoms with E-state index in [1.54, 1.807) is 7.11 Å². The number of carbonyl (C=O) groups is 1. The Morgan fingerprint density at radius 3 is 2.85 bits per heavy atom. The summed E-state index contributed by atoms with van der Waals surface area (Å²) in [4.78, 5) is 14.7. The van der Waals surface area contributed by atoms with Crippen molar-refractivity contribution >= 4 is 5.91 Å². The molecule has 1 aliphatic heterocycles. The first-order valence-electron chi connectivity index (χ1n) is 7.81. The number of nitrogens with one attached hydrogen (secondary N) is 2. The number of hydrogen-bond acceptors (Lipinski definition) is 4. The number of piperidine rings is 1. The minimum atomic E-state index is -0.182. The normalized spacial score (nSPS) is 23.0. The van der Waals surface area contributed by atoms with Crippen molar-refractivity contribution in [2.45, 2.75) is 32.6 Å². The lowest BCUT2D eigenvalue weighted by atomic mass is 9.76. The van der Waals surface area contributed by atoms with E-state index in [2.05, 4.69) is 29.5 Å². The van der Waals surface area contributed by atoms with Crippen LogP contribution in [0.25, 0.3) is 0 Å². The molecule has 1 fully saturated rings. The summed E-state index contributed by atoms with van der Waals surface area (Å²) >= 11 is 0. The fourth-order valence-corrected chi connectivity index (χ4v) is 2.87. The molecule has 0 aromatic carbocycles. The SMILES string of the molecule is CCCC1(C(=O)NCCN(C)CCOC)CCCNC1. The molecule has 0 aromatic rings. The molecule has 2 N–H and O–H groups in total. The second-order valence-electron chi connectivity index (χ2n) is 5.86. The Balaban J connectivity index is 2.35. The van der Waals surface area contributed by atoms with Crippen molar-refractivity contribution in [3.63, 3.8) is 0 Å². The van der Waals surface area contributed by atoms with Crippen molar-refractivity contribution in [1.29, 1.82) is 0 Å². The van der Waals surface area contributed by atoms with Crippen molar-refractivity contribution in [2.24, 2.45) is 5.41 Å². The molecule has 0 aliphatic carbocycles. The lowest BCUT2D eigenvalue weighted by molar-refractivity contribution is -0.132. The fraction of sp³-hybridized carbons (Fsp3) is 0.933. The van der Waals surface area contributed by atoms with Crippen molar-refractivity contribution < 1.29 is 9.53 Å². The van der Waals surface area contributed by atoms with Gasteiger partial charge in [0.2, 0.25) is 5.91 Å². The molecule has 1 heterocycles. The molecular weight excluding hydrogens is 254 g/mol. The number of rotatable bonds is 9. The number of methoxy groups -OCH3 is 1. The number of hydrogen-bond donors (Lipinski definition) is 2. The van der Waals surface area contributed by atoms with Crippen LogP contribution in [0.15, 0.2) is 0 Å². The quantitative estimate of drug-likeness (QED) is 0.659. The van der Waals surface area contributed by atoms with Gasteiger partial charge in [-0.15, -0.1) is 0 Å². The maximum atomic E-state index is 12.5. The van der Waals surface area contributed by atoms with Crippen LogP contribution in [0.2, 0.25) is 0 Å². The van der Waals surface area contributed by atoms with Gasteiger partial charge in [-0.3, -0.25) is 4.79 Å². The van der Waals surface area contributed by atoms with Gasteiger partial charge < -0.3 is 20.3 Å². The second-order valence-corrected chi connectivity index (χ2v) is 5.86. The van der Waals surface area contributed by atoms with Gasteiger partial charge in [0.15, 0.2) is 0 Å². The Morgan fingerprint density at radius 2 is 2.25 bits per heavy atom. The predicted molar refractivity (Wildman–Crippen MR) is 81.8 cm³/mol. The molecule has 1 amide bonds. The average Bonchev–Trinajstić information content (AvgIpc) is 2.46. The first kappa shape index (κ1) is 17.4. The van der Waals surface area contributed by atoms with Crippen molar-refractivity contribution in [3.8, 4) is 0 Å². The maximum absolute atomic E-state index is 12.5. The molecule has 1 atom stereocenters. The molecule has 1 aliphatic rings. The first-order valence-corrected chi connectivity index (χ1v) is 7.81. The van der Waals surface area contributed by atoms with Gasteiger partial charge in [0.1, 0.15) is 0 Å². The number of carbonyl (C=O) groups excluding carboxylic acids is 1. The van der Waals surface area contributed by atoms with Crippen LogP contribution in [-0.2, 0) is 9.53 Å². The topological polar surface area (TPSA) is 53.6 Å². The number of likely N-dealkylation sites (N-methyl/N-ethyl adjacent to an activating group) is 1. The van der Waals surface area contributed by atoms with Crippen molar-refractivity contribution in [1.82, 2.24) is 15.5 Å². The van der Waals surface area contributed by atoms with E-state index in [4.69, 9.17) is 4.74 Å². The van der Waals surface area contributed by atoms with Gasteiger partial charge in [0.25, 0.3) is 0 Å². The molecule has 0 bridgehead atoms. The summed E-state index contributed by atoms with van der Waals surface area (Å²) in [5.74, 6) is 0.228. The van der Waals surface area contributed by atoms with Gasteiger partial charge in [0, 0.05) is 33.3 Å². The lowest BCUT2D eigenvalue weighted by Crippen LogP contribution is -2.51. The summed E-state index contributed by atoms with van der Waals surface area (Å²) in [5, 5.41) is 6.50. The van der Waals surface area contributed by atoms with Gasteiger partial charge in [-0.2, -0.15) is 0 Å². The molecule has 1 rings (SSSR count). The van der Waals surface area contributed by atoms with Crippen LogP contribution >= 0.6 is 0 Å². The van der Waals surface area contributed by atoms with E-state index in [-0.39, 0.29) is 11.3 Å². The number of nitrogens with zero attached hydrogens (tertiary/aromatic N) is 1. The molecule has 0 spiro atoms. The molecule has 1 unspecified atom stereocenters. The molecule has 0 aromatic heterocycles. The van der Waals surface area contributed by atoms with Crippen molar-refractivity contribution in [2.75, 3.05) is 53.5 Å². The number of ether oxygens (including phenoxy) is 1. The molecular formula is C15H31N3O2. The van der Waals surface area contributed by atoms with Gasteiger partial charge in [-0.1, -0.05) is 13.3 Å². The Hall–Kier alpha value is -0.650. The predicted octanol–water partition coefficient (Wildman–Crippen LogP) is 0.851. The van der Waals surface area contributed by atoms with Crippen LogP contribution in [0.4, 0.5) is 0 Å². The van der Waals surface area contributed by atoms with Crippen LogP contribution in [0.1, 0.15) is 32.6 Å². The van der Waals surface area contributed by atoms with Crippen molar-refractivity contribution in [3.05, 3.63) is 0 Å². The summed E-state index contributed by atoms with van der Waals surface area (Å²) in [6.07, 6.45) is 4.15. The van der Waals surface area contributed by atoms with Crippen LogP contribution in [0.5, 0.6) is 0 Å². The van der Waals surface area contributed by atoms with E-state index in [0.717, 1.165) is 58.5 Å². The molecule has 0 saturated carbocycles. The lowest BCUT2D eigenvalue weighted by Gasteiger charge is -2.36. The first-order chi connectivity index (χ1) is 9.64. The molecule has 20 heavy (non-hydrogen) atoms. The molecule has 1 saturated heterocycles. The van der Waals surface area contributed by atoms with Gasteiger partial charge in [-0.05, 0) is 32.9 Å². The summed E-state index contributed by atoms with van der Waals surface area (Å²) in [7, 11) is 3.76. The van der Waals surface area contributed by atoms with E-state index < -0.39 is 0 Å². The van der Waals surface area contributed by atoms with Crippen LogP contribution in [-0.4, -0.2) is 64.3 Å². The zero-order valence-electron chi connectivity index (χ0n) is 13.3. The summed E-state index contributed by atoms with van der Waals surface area (Å²) in [6.45, 7) is 7.23. The monoisotopic (exact) mass is 285 g/mol. The van der Waals surface area contributed by atoms with E-state index in [0.29, 0.717) is 6.54 Å². The van der Waals surface area contributed by atoms with Gasteiger partial charge >= 0.3 is 0 Å². The summed E-state index contributed by atoms with van der Waals surface area (Å²) in [5.41, 5.74) is -0.182. The highest BCUT2D eigenvalue weighted by molar-refractivity contribution is 5.83. The van der Waals surface area contributed by atoms with E-state index in [1.165, 1.54) is 0 Å². The fourth-order valence-electron chi connectivity index (χ4n) is 2.87. The standard InChI is InChI=1S/C15H31N3O2/c1-4-6-15(7-5-8-16-13-15)14(19)17-9-10-18(2)11-12-20-3/h16H,4-13H2,1-3H3,(H,17,19). The number of amides is 1. The molecule has 0 radical (unpaired) electrons. The Bertz CT molecular complexity index is 273. The average molecular weight is 285 g/mol. The maximum Gasteiger partial charge on any atom is 0.227 e. The molecule has 5 heteroatoms. The highest BCUT2D eigenvalue weighted by atomic mass is 16.5. The Morgan fingerprint density at radius 1 is 1.45 bits per heavy atom. The van der Waals surface area contributed by atoms with Crippen LogP contribution in [0, 0.1) is 5.41 Å². The summed E-state index contributed by atoms with van der Waals surface area (Å²) < 4.78 is 5.05. The van der Waals surface area contributed by atoms with Gasteiger partial charge in [0.05, 0.1) is 12.0 Å².